The molecule has 0 heterocycles. The van der Waals surface area contributed by atoms with Gasteiger partial charge in [-0.05, 0) is 18.4 Å². The number of alkyl halides is 1. The van der Waals surface area contributed by atoms with Crippen LogP contribution in [0.4, 0.5) is 0 Å². The van der Waals surface area contributed by atoms with Crippen LogP contribution < -0.4 is 5.32 Å². The van der Waals surface area contributed by atoms with Crippen LogP contribution in [0.5, 0.6) is 0 Å². The van der Waals surface area contributed by atoms with E-state index in [-0.39, 0.29) is 0 Å². The zero-order valence-electron chi connectivity index (χ0n) is 7.21. The summed E-state index contributed by atoms with van der Waals surface area (Å²) in [6, 6.07) is 0. The first-order valence-electron chi connectivity index (χ1n) is 3.83. The van der Waals surface area contributed by atoms with E-state index >= 15 is 0 Å². The second kappa shape index (κ2) is 4.97. The van der Waals surface area contributed by atoms with E-state index < -0.39 is 0 Å². The van der Waals surface area contributed by atoms with E-state index in [0.29, 0.717) is 11.3 Å². The minimum Gasteiger partial charge on any atom is -0.316 e. The predicted molar refractivity (Wildman–Crippen MR) is 47.7 cm³/mol. The molecule has 0 bridgehead atoms. The van der Waals surface area contributed by atoms with Gasteiger partial charge in [-0.25, -0.2) is 0 Å². The summed E-state index contributed by atoms with van der Waals surface area (Å²) in [7, 11) is 0. The third kappa shape index (κ3) is 8.25. The molecule has 0 rings (SSSR count). The van der Waals surface area contributed by atoms with E-state index in [0.717, 1.165) is 13.1 Å². The molecule has 0 spiro atoms. The molecule has 0 fully saturated rings. The Morgan fingerprint density at radius 3 is 2.20 bits per heavy atom. The molecule has 62 valence electrons. The zero-order chi connectivity index (χ0) is 8.04. The van der Waals surface area contributed by atoms with Gasteiger partial charge in [0.05, 0.1) is 0 Å². The number of nitrogens with one attached hydrogen (secondary N) is 1. The van der Waals surface area contributed by atoms with Crippen molar-refractivity contribution in [3.63, 3.8) is 0 Å². The van der Waals surface area contributed by atoms with Gasteiger partial charge in [-0.1, -0.05) is 20.8 Å². The molecule has 0 unspecified atom stereocenters. The largest absolute Gasteiger partial charge is 0.316 e. The monoisotopic (exact) mass is 163 g/mol. The Hall–Kier alpha value is 0.250. The molecule has 10 heavy (non-hydrogen) atoms. The van der Waals surface area contributed by atoms with Gasteiger partial charge in [0.1, 0.15) is 0 Å². The highest BCUT2D eigenvalue weighted by atomic mass is 35.5. The van der Waals surface area contributed by atoms with Crippen LogP contribution >= 0.6 is 11.6 Å². The van der Waals surface area contributed by atoms with Gasteiger partial charge in [0.2, 0.25) is 0 Å². The molecule has 2 heteroatoms. The van der Waals surface area contributed by atoms with E-state index in [4.69, 9.17) is 11.6 Å². The first-order chi connectivity index (χ1) is 4.56. The Balaban J connectivity index is 3.04. The molecule has 0 saturated carbocycles. The van der Waals surface area contributed by atoms with Crippen molar-refractivity contribution in [3.05, 3.63) is 0 Å². The van der Waals surface area contributed by atoms with Gasteiger partial charge in [0.15, 0.2) is 0 Å². The average Bonchev–Trinajstić information content (AvgIpc) is 1.78. The molecule has 0 radical (unpaired) electrons. The summed E-state index contributed by atoms with van der Waals surface area (Å²) in [5.74, 6) is 0.712. The second-order valence-corrected chi connectivity index (χ2v) is 4.13. The van der Waals surface area contributed by atoms with Gasteiger partial charge in [0, 0.05) is 12.4 Å². The summed E-state index contributed by atoms with van der Waals surface area (Å²) in [4.78, 5) is 0. The summed E-state index contributed by atoms with van der Waals surface area (Å²) < 4.78 is 0. The first-order valence-corrected chi connectivity index (χ1v) is 4.36. The maximum Gasteiger partial charge on any atom is 0.0348 e. The maximum atomic E-state index is 5.49. The van der Waals surface area contributed by atoms with Crippen LogP contribution in [0, 0.1) is 5.41 Å². The normalized spacial score (nSPS) is 12.0. The van der Waals surface area contributed by atoms with E-state index in [1.54, 1.807) is 0 Å². The highest BCUT2D eigenvalue weighted by Gasteiger charge is 2.07. The standard InChI is InChI=1S/C8H18ClN/c1-8(2,3)4-6-10-7-5-9/h10H,4-7H2,1-3H3. The Kier molecular flexibility index (Phi) is 5.10. The summed E-state index contributed by atoms with van der Waals surface area (Å²) in [5.41, 5.74) is 0.444. The molecule has 1 nitrogen and oxygen atoms in total. The fourth-order valence-electron chi connectivity index (χ4n) is 0.655. The third-order valence-electron chi connectivity index (χ3n) is 1.32. The summed E-state index contributed by atoms with van der Waals surface area (Å²) in [6.07, 6.45) is 1.21. The molecule has 0 aromatic rings. The summed E-state index contributed by atoms with van der Waals surface area (Å²) in [6.45, 7) is 8.74. The SMILES string of the molecule is CC(C)(C)CCNCCCl. The highest BCUT2D eigenvalue weighted by molar-refractivity contribution is 6.18. The minimum atomic E-state index is 0.444. The fraction of sp³-hybridized carbons (Fsp3) is 1.00. The van der Waals surface area contributed by atoms with Crippen molar-refractivity contribution in [2.75, 3.05) is 19.0 Å². The van der Waals surface area contributed by atoms with E-state index in [2.05, 4.69) is 26.1 Å². The molecule has 0 aliphatic carbocycles. The number of rotatable bonds is 4. The highest BCUT2D eigenvalue weighted by Crippen LogP contribution is 2.16. The lowest BCUT2D eigenvalue weighted by Crippen LogP contribution is -2.22. The molecule has 1 N–H and O–H groups in total. The van der Waals surface area contributed by atoms with Gasteiger partial charge < -0.3 is 5.32 Å². The van der Waals surface area contributed by atoms with Crippen LogP contribution in [0.15, 0.2) is 0 Å². The van der Waals surface area contributed by atoms with Gasteiger partial charge in [-0.15, -0.1) is 11.6 Å². The average molecular weight is 164 g/mol. The van der Waals surface area contributed by atoms with Crippen LogP contribution in [-0.4, -0.2) is 19.0 Å². The molecular formula is C8H18ClN. The van der Waals surface area contributed by atoms with Crippen molar-refractivity contribution in [1.29, 1.82) is 0 Å². The van der Waals surface area contributed by atoms with Gasteiger partial charge in [-0.2, -0.15) is 0 Å². The first kappa shape index (κ1) is 10.2. The second-order valence-electron chi connectivity index (χ2n) is 3.75. The molecule has 0 atom stereocenters. The minimum absolute atomic E-state index is 0.444. The molecular weight excluding hydrogens is 146 g/mol. The van der Waals surface area contributed by atoms with Crippen LogP contribution in [0.2, 0.25) is 0 Å². The summed E-state index contributed by atoms with van der Waals surface area (Å²) >= 11 is 5.49. The van der Waals surface area contributed by atoms with Gasteiger partial charge in [0.25, 0.3) is 0 Å². The molecule has 0 aliphatic heterocycles. The van der Waals surface area contributed by atoms with Crippen molar-refractivity contribution in [3.8, 4) is 0 Å². The van der Waals surface area contributed by atoms with Crippen molar-refractivity contribution < 1.29 is 0 Å². The molecule has 0 aliphatic rings. The Morgan fingerprint density at radius 1 is 1.20 bits per heavy atom. The molecule has 0 aromatic heterocycles. The lowest BCUT2D eigenvalue weighted by atomic mass is 9.92. The summed E-state index contributed by atoms with van der Waals surface area (Å²) in [5, 5.41) is 3.26. The topological polar surface area (TPSA) is 12.0 Å². The maximum absolute atomic E-state index is 5.49. The Labute approximate surface area is 69.1 Å². The van der Waals surface area contributed by atoms with E-state index in [1.165, 1.54) is 6.42 Å². The van der Waals surface area contributed by atoms with Gasteiger partial charge in [-0.3, -0.25) is 0 Å². The molecule has 0 aromatic carbocycles. The van der Waals surface area contributed by atoms with E-state index in [9.17, 15) is 0 Å². The lowest BCUT2D eigenvalue weighted by Gasteiger charge is -2.17. The van der Waals surface area contributed by atoms with Crippen molar-refractivity contribution in [1.82, 2.24) is 5.32 Å². The van der Waals surface area contributed by atoms with Crippen LogP contribution in [0.25, 0.3) is 0 Å². The number of hydrogen-bond acceptors (Lipinski definition) is 1. The fourth-order valence-corrected chi connectivity index (χ4v) is 0.789. The zero-order valence-corrected chi connectivity index (χ0v) is 7.96. The predicted octanol–water partition coefficient (Wildman–Crippen LogP) is 2.25. The van der Waals surface area contributed by atoms with Crippen LogP contribution in [-0.2, 0) is 0 Å². The van der Waals surface area contributed by atoms with Crippen molar-refractivity contribution in [2.24, 2.45) is 5.41 Å². The molecule has 0 saturated heterocycles. The van der Waals surface area contributed by atoms with Crippen molar-refractivity contribution in [2.45, 2.75) is 27.2 Å². The van der Waals surface area contributed by atoms with E-state index in [1.807, 2.05) is 0 Å². The number of halogens is 1. The van der Waals surface area contributed by atoms with Crippen LogP contribution in [0.1, 0.15) is 27.2 Å². The molecule has 0 amide bonds. The quantitative estimate of drug-likeness (QED) is 0.495. The van der Waals surface area contributed by atoms with Gasteiger partial charge >= 0.3 is 0 Å². The smallest absolute Gasteiger partial charge is 0.0348 e. The van der Waals surface area contributed by atoms with Crippen molar-refractivity contribution >= 4 is 11.6 Å². The Morgan fingerprint density at radius 2 is 1.80 bits per heavy atom. The number of hydrogen-bond donors (Lipinski definition) is 1. The van der Waals surface area contributed by atoms with Crippen LogP contribution in [0.3, 0.4) is 0 Å². The third-order valence-corrected chi connectivity index (χ3v) is 1.51. The lowest BCUT2D eigenvalue weighted by molar-refractivity contribution is 0.369. The Bertz CT molecular complexity index is 75.8.